The van der Waals surface area contributed by atoms with Crippen LogP contribution in [-0.4, -0.2) is 17.0 Å². The van der Waals surface area contributed by atoms with Crippen LogP contribution in [0.3, 0.4) is 0 Å². The molecule has 0 radical (unpaired) electrons. The molecule has 1 N–H and O–H groups in total. The largest absolute Gasteiger partial charge is 0.372 e. The molecule has 0 atom stereocenters. The molecule has 1 heterocycles. The van der Waals surface area contributed by atoms with E-state index >= 15 is 0 Å². The summed E-state index contributed by atoms with van der Waals surface area (Å²) in [5, 5.41) is 3.07. The van der Waals surface area contributed by atoms with Crippen LogP contribution >= 0.6 is 27.7 Å². The molecule has 2 rings (SSSR count). The van der Waals surface area contributed by atoms with Crippen LogP contribution in [0.2, 0.25) is 0 Å². The molecule has 0 aliphatic rings. The first-order chi connectivity index (χ1) is 9.10. The molecule has 0 saturated heterocycles. The number of benzene rings is 1. The molecule has 3 nitrogen and oxygen atoms in total. The number of nitrogens with zero attached hydrogens (tertiary/aromatic N) is 2. The van der Waals surface area contributed by atoms with Gasteiger partial charge in [0.1, 0.15) is 11.6 Å². The Labute approximate surface area is 126 Å². The number of halogens is 1. The number of aromatic nitrogens is 2. The van der Waals surface area contributed by atoms with Gasteiger partial charge in [-0.05, 0) is 41.9 Å². The van der Waals surface area contributed by atoms with E-state index in [0.29, 0.717) is 0 Å². The third kappa shape index (κ3) is 3.70. The van der Waals surface area contributed by atoms with Crippen LogP contribution in [0.15, 0.2) is 33.6 Å². The van der Waals surface area contributed by atoms with Gasteiger partial charge in [-0.25, -0.2) is 9.97 Å². The maximum atomic E-state index is 4.50. The first-order valence-electron chi connectivity index (χ1n) is 6.00. The summed E-state index contributed by atoms with van der Waals surface area (Å²) in [7, 11) is 1.86. The van der Waals surface area contributed by atoms with Crippen molar-refractivity contribution in [1.82, 2.24) is 9.97 Å². The van der Waals surface area contributed by atoms with E-state index in [1.807, 2.05) is 14.0 Å². The summed E-state index contributed by atoms with van der Waals surface area (Å²) in [5.74, 6) is 2.45. The SMILES string of the molecule is CNc1nc(CSc2ccc(C)cc2)nc(C)c1Br. The van der Waals surface area contributed by atoms with Crippen molar-refractivity contribution in [3.63, 3.8) is 0 Å². The highest BCUT2D eigenvalue weighted by Crippen LogP contribution is 2.26. The van der Waals surface area contributed by atoms with E-state index in [9.17, 15) is 0 Å². The molecule has 0 aliphatic heterocycles. The lowest BCUT2D eigenvalue weighted by atomic mass is 10.2. The zero-order valence-electron chi connectivity index (χ0n) is 11.2. The topological polar surface area (TPSA) is 37.8 Å². The van der Waals surface area contributed by atoms with Crippen molar-refractivity contribution in [2.24, 2.45) is 0 Å². The van der Waals surface area contributed by atoms with E-state index in [1.165, 1.54) is 10.5 Å². The summed E-state index contributed by atoms with van der Waals surface area (Å²) >= 11 is 5.23. The lowest BCUT2D eigenvalue weighted by Gasteiger charge is -2.08. The molecular formula is C14H16BrN3S. The molecule has 1 aromatic heterocycles. The second kappa shape index (κ2) is 6.39. The second-order valence-corrected chi connectivity index (χ2v) is 6.08. The quantitative estimate of drug-likeness (QED) is 0.849. The molecule has 1 aromatic carbocycles. The first-order valence-corrected chi connectivity index (χ1v) is 7.78. The monoisotopic (exact) mass is 337 g/mol. The molecule has 0 amide bonds. The highest BCUT2D eigenvalue weighted by atomic mass is 79.9. The number of hydrogen-bond donors (Lipinski definition) is 1. The Morgan fingerprint density at radius 3 is 2.47 bits per heavy atom. The van der Waals surface area contributed by atoms with Crippen LogP contribution in [-0.2, 0) is 5.75 Å². The standard InChI is InChI=1S/C14H16BrN3S/c1-9-4-6-11(7-5-9)19-8-12-17-10(2)13(15)14(16-3)18-12/h4-7H,8H2,1-3H3,(H,16,17,18). The fraction of sp³-hybridized carbons (Fsp3) is 0.286. The van der Waals surface area contributed by atoms with Gasteiger partial charge in [-0.2, -0.15) is 0 Å². The zero-order chi connectivity index (χ0) is 13.8. The lowest BCUT2D eigenvalue weighted by Crippen LogP contribution is -2.02. The first kappa shape index (κ1) is 14.3. The van der Waals surface area contributed by atoms with E-state index < -0.39 is 0 Å². The summed E-state index contributed by atoms with van der Waals surface area (Å²) < 4.78 is 0.930. The average Bonchev–Trinajstić information content (AvgIpc) is 2.41. The third-order valence-electron chi connectivity index (χ3n) is 2.69. The van der Waals surface area contributed by atoms with Crippen LogP contribution in [0.4, 0.5) is 5.82 Å². The molecular weight excluding hydrogens is 322 g/mol. The summed E-state index contributed by atoms with van der Waals surface area (Å²) in [6.07, 6.45) is 0. The van der Waals surface area contributed by atoms with E-state index in [2.05, 4.69) is 62.4 Å². The van der Waals surface area contributed by atoms with Crippen molar-refractivity contribution >= 4 is 33.5 Å². The van der Waals surface area contributed by atoms with Gasteiger partial charge in [-0.3, -0.25) is 0 Å². The lowest BCUT2D eigenvalue weighted by molar-refractivity contribution is 0.985. The van der Waals surface area contributed by atoms with Crippen molar-refractivity contribution in [1.29, 1.82) is 0 Å². The van der Waals surface area contributed by atoms with Crippen molar-refractivity contribution < 1.29 is 0 Å². The Kier molecular flexibility index (Phi) is 4.82. The molecule has 0 unspecified atom stereocenters. The minimum Gasteiger partial charge on any atom is -0.372 e. The van der Waals surface area contributed by atoms with Gasteiger partial charge in [0.2, 0.25) is 0 Å². The predicted octanol–water partition coefficient (Wildman–Crippen LogP) is 4.19. The number of anilines is 1. The number of thioether (sulfide) groups is 1. The number of rotatable bonds is 4. The highest BCUT2D eigenvalue weighted by Gasteiger charge is 2.08. The van der Waals surface area contributed by atoms with E-state index in [0.717, 1.165) is 27.6 Å². The molecule has 2 aromatic rings. The maximum Gasteiger partial charge on any atom is 0.144 e. The summed E-state index contributed by atoms with van der Waals surface area (Å²) in [6.45, 7) is 4.07. The van der Waals surface area contributed by atoms with E-state index in [4.69, 9.17) is 0 Å². The second-order valence-electron chi connectivity index (χ2n) is 4.24. The summed E-state index contributed by atoms with van der Waals surface area (Å²) in [6, 6.07) is 8.50. The van der Waals surface area contributed by atoms with Gasteiger partial charge in [0.25, 0.3) is 0 Å². The maximum absolute atomic E-state index is 4.50. The molecule has 5 heteroatoms. The average molecular weight is 338 g/mol. The van der Waals surface area contributed by atoms with Gasteiger partial charge >= 0.3 is 0 Å². The minimum absolute atomic E-state index is 0.770. The van der Waals surface area contributed by atoms with Gasteiger partial charge < -0.3 is 5.32 Å². The molecule has 0 fully saturated rings. The fourth-order valence-corrected chi connectivity index (χ4v) is 2.76. The molecule has 0 bridgehead atoms. The zero-order valence-corrected chi connectivity index (χ0v) is 13.6. The van der Waals surface area contributed by atoms with Crippen LogP contribution < -0.4 is 5.32 Å². The van der Waals surface area contributed by atoms with Gasteiger partial charge in [0, 0.05) is 11.9 Å². The van der Waals surface area contributed by atoms with Crippen molar-refractivity contribution in [2.45, 2.75) is 24.5 Å². The van der Waals surface area contributed by atoms with Crippen LogP contribution in [0.25, 0.3) is 0 Å². The van der Waals surface area contributed by atoms with E-state index in [1.54, 1.807) is 11.8 Å². The third-order valence-corrected chi connectivity index (χ3v) is 4.65. The number of nitrogens with one attached hydrogen (secondary N) is 1. The Hall–Kier alpha value is -1.07. The molecule has 0 spiro atoms. The normalized spacial score (nSPS) is 10.5. The summed E-state index contributed by atoms with van der Waals surface area (Å²) in [4.78, 5) is 10.2. The Morgan fingerprint density at radius 1 is 1.16 bits per heavy atom. The molecule has 19 heavy (non-hydrogen) atoms. The van der Waals surface area contributed by atoms with Crippen molar-refractivity contribution in [3.8, 4) is 0 Å². The fourth-order valence-electron chi connectivity index (χ4n) is 1.63. The molecule has 0 aliphatic carbocycles. The van der Waals surface area contributed by atoms with E-state index in [-0.39, 0.29) is 0 Å². The Balaban J connectivity index is 2.11. The van der Waals surface area contributed by atoms with Crippen LogP contribution in [0.1, 0.15) is 17.1 Å². The molecule has 100 valence electrons. The Bertz CT molecular complexity index is 570. The van der Waals surface area contributed by atoms with Crippen molar-refractivity contribution in [3.05, 3.63) is 45.8 Å². The van der Waals surface area contributed by atoms with Crippen molar-refractivity contribution in [2.75, 3.05) is 12.4 Å². The number of hydrogen-bond acceptors (Lipinski definition) is 4. The van der Waals surface area contributed by atoms with Gasteiger partial charge in [0.05, 0.1) is 15.9 Å². The van der Waals surface area contributed by atoms with Crippen LogP contribution in [0.5, 0.6) is 0 Å². The number of aryl methyl sites for hydroxylation is 2. The highest BCUT2D eigenvalue weighted by molar-refractivity contribution is 9.10. The minimum atomic E-state index is 0.770. The molecule has 0 saturated carbocycles. The smallest absolute Gasteiger partial charge is 0.144 e. The van der Waals surface area contributed by atoms with Gasteiger partial charge in [-0.1, -0.05) is 17.7 Å². The predicted molar refractivity (Wildman–Crippen MR) is 84.8 cm³/mol. The van der Waals surface area contributed by atoms with Gasteiger partial charge in [-0.15, -0.1) is 11.8 Å². The van der Waals surface area contributed by atoms with Crippen LogP contribution in [0, 0.1) is 13.8 Å². The Morgan fingerprint density at radius 2 is 1.84 bits per heavy atom. The van der Waals surface area contributed by atoms with Gasteiger partial charge in [0.15, 0.2) is 0 Å². The summed E-state index contributed by atoms with van der Waals surface area (Å²) in [5.41, 5.74) is 2.23.